The van der Waals surface area contributed by atoms with Crippen molar-refractivity contribution in [3.05, 3.63) is 35.6 Å². The lowest BCUT2D eigenvalue weighted by Crippen LogP contribution is -2.56. The summed E-state index contributed by atoms with van der Waals surface area (Å²) in [6.45, 7) is 1.05. The van der Waals surface area contributed by atoms with Gasteiger partial charge >= 0.3 is 12.4 Å². The quantitative estimate of drug-likeness (QED) is 0.811. The zero-order valence-electron chi connectivity index (χ0n) is 10.3. The molecule has 10 heteroatoms. The Morgan fingerprint density at radius 2 is 1.86 bits per heavy atom. The lowest BCUT2D eigenvalue weighted by Gasteiger charge is -2.37. The lowest BCUT2D eigenvalue weighted by molar-refractivity contribution is -0.186. The molecule has 1 radical (unpaired) electrons. The number of nitrogens with one attached hydrogen (secondary N) is 1. The Morgan fingerprint density at radius 1 is 1.19 bits per heavy atom. The Kier molecular flexibility index (Phi) is 3.42. The zero-order chi connectivity index (χ0) is 15.9. The summed E-state index contributed by atoms with van der Waals surface area (Å²) >= 11 is 0. The number of halogens is 6. The van der Waals surface area contributed by atoms with Gasteiger partial charge in [-0.05, 0) is 18.6 Å². The number of hydrogen-bond donors (Lipinski definition) is 1. The summed E-state index contributed by atoms with van der Waals surface area (Å²) in [6.07, 6.45) is -6.48. The molecule has 1 aromatic rings. The van der Waals surface area contributed by atoms with Gasteiger partial charge in [-0.1, -0.05) is 0 Å². The molecule has 0 spiro atoms. The van der Waals surface area contributed by atoms with Gasteiger partial charge in [0.05, 0.1) is 18.2 Å². The Bertz CT molecular complexity index is 603. The third-order valence-corrected chi connectivity index (χ3v) is 2.86. The topological polar surface area (TPSA) is 50.2 Å². The molecule has 0 aliphatic carbocycles. The predicted molar refractivity (Wildman–Crippen MR) is 58.8 cm³/mol. The second-order valence-electron chi connectivity index (χ2n) is 4.15. The van der Waals surface area contributed by atoms with E-state index in [2.05, 4.69) is 21.2 Å². The van der Waals surface area contributed by atoms with Gasteiger partial charge in [0.1, 0.15) is 0 Å². The van der Waals surface area contributed by atoms with E-state index in [-0.39, 0.29) is 0 Å². The van der Waals surface area contributed by atoms with Crippen molar-refractivity contribution in [3.63, 3.8) is 0 Å². The van der Waals surface area contributed by atoms with E-state index < -0.39 is 35.0 Å². The molecular formula is C11H7F6N4. The number of nitrogens with zero attached hydrogens (tertiary/aromatic N) is 3. The second kappa shape index (κ2) is 4.71. The van der Waals surface area contributed by atoms with Crippen LogP contribution < -0.4 is 5.32 Å². The molecule has 0 fully saturated rings. The third-order valence-electron chi connectivity index (χ3n) is 2.86. The zero-order valence-corrected chi connectivity index (χ0v) is 10.3. The Hall–Kier alpha value is -2.13. The number of rotatable bonds is 1. The van der Waals surface area contributed by atoms with Gasteiger partial charge in [-0.25, -0.2) is 15.0 Å². The molecular weight excluding hydrogens is 302 g/mol. The van der Waals surface area contributed by atoms with E-state index in [0.29, 0.717) is 12.5 Å². The number of alkyl halides is 6. The first kappa shape index (κ1) is 15.3. The van der Waals surface area contributed by atoms with Gasteiger partial charge in [-0.15, -0.1) is 0 Å². The van der Waals surface area contributed by atoms with E-state index in [1.165, 1.54) is 0 Å². The van der Waals surface area contributed by atoms with Crippen molar-refractivity contribution in [1.82, 2.24) is 15.3 Å². The Balaban J connectivity index is 2.65. The molecule has 21 heavy (non-hydrogen) atoms. The fourth-order valence-corrected chi connectivity index (χ4v) is 1.86. The first-order chi connectivity index (χ1) is 9.59. The molecule has 0 saturated carbocycles. The fourth-order valence-electron chi connectivity index (χ4n) is 1.86. The maximum absolute atomic E-state index is 13.4. The molecule has 1 aliphatic rings. The van der Waals surface area contributed by atoms with E-state index in [9.17, 15) is 26.3 Å². The van der Waals surface area contributed by atoms with Crippen LogP contribution >= 0.6 is 0 Å². The molecule has 2 heterocycles. The Labute approximate surface area is 114 Å². The first-order valence-electron chi connectivity index (χ1n) is 5.46. The highest BCUT2D eigenvalue weighted by Crippen LogP contribution is 2.44. The van der Waals surface area contributed by atoms with Crippen LogP contribution in [0, 0.1) is 6.20 Å². The first-order valence-corrected chi connectivity index (χ1v) is 5.46. The molecule has 1 aliphatic heterocycles. The SMILES string of the molecule is CC1=[C]N=CNC1(c1ccnc(C(F)(F)F)n1)C(F)(F)F. The summed E-state index contributed by atoms with van der Waals surface area (Å²) in [5.74, 6) is -1.65. The average Bonchev–Trinajstić information content (AvgIpc) is 2.37. The molecule has 1 N–H and O–H groups in total. The van der Waals surface area contributed by atoms with Crippen LogP contribution in [0.4, 0.5) is 26.3 Å². The minimum absolute atomic E-state index is 0.454. The van der Waals surface area contributed by atoms with Crippen molar-refractivity contribution in [1.29, 1.82) is 0 Å². The second-order valence-corrected chi connectivity index (χ2v) is 4.15. The smallest absolute Gasteiger partial charge is 0.354 e. The molecule has 2 rings (SSSR count). The van der Waals surface area contributed by atoms with Crippen LogP contribution in [0.1, 0.15) is 18.4 Å². The summed E-state index contributed by atoms with van der Waals surface area (Å²) in [7, 11) is 0. The molecule has 4 nitrogen and oxygen atoms in total. The van der Waals surface area contributed by atoms with Gasteiger partial charge in [0.25, 0.3) is 0 Å². The number of aromatic nitrogens is 2. The van der Waals surface area contributed by atoms with E-state index in [0.717, 1.165) is 13.0 Å². The van der Waals surface area contributed by atoms with E-state index in [4.69, 9.17) is 0 Å². The molecule has 0 saturated heterocycles. The molecule has 0 bridgehead atoms. The van der Waals surface area contributed by atoms with Gasteiger partial charge in [0.15, 0.2) is 0 Å². The minimum Gasteiger partial charge on any atom is -0.354 e. The summed E-state index contributed by atoms with van der Waals surface area (Å²) in [4.78, 5) is 9.34. The van der Waals surface area contributed by atoms with Gasteiger partial charge in [-0.2, -0.15) is 26.3 Å². The molecule has 113 valence electrons. The summed E-state index contributed by atoms with van der Waals surface area (Å²) in [6, 6.07) is 0.764. The highest BCUT2D eigenvalue weighted by molar-refractivity contribution is 5.61. The third kappa shape index (κ3) is 2.45. The molecule has 1 aromatic heterocycles. The fraction of sp³-hybridized carbons (Fsp3) is 0.364. The molecule has 0 aromatic carbocycles. The van der Waals surface area contributed by atoms with Gasteiger partial charge in [0, 0.05) is 6.20 Å². The highest BCUT2D eigenvalue weighted by atomic mass is 19.4. The van der Waals surface area contributed by atoms with Crippen molar-refractivity contribution in [2.24, 2.45) is 4.99 Å². The highest BCUT2D eigenvalue weighted by Gasteiger charge is 2.59. The number of aliphatic imine (C=N–C) groups is 1. The minimum atomic E-state index is -4.95. The summed E-state index contributed by atoms with van der Waals surface area (Å²) in [5.41, 5.74) is -4.25. The molecule has 1 unspecified atom stereocenters. The van der Waals surface area contributed by atoms with E-state index in [1.54, 1.807) is 0 Å². The monoisotopic (exact) mass is 309 g/mol. The lowest BCUT2D eigenvalue weighted by atomic mass is 9.86. The standard InChI is InChI=1S/C11H7F6N4/c1-6-4-18-5-20-9(6,11(15,16)17)7-2-3-19-8(21-7)10(12,13)14/h2-3,5H,1H3,(H,18,20). The van der Waals surface area contributed by atoms with Crippen LogP contribution in [0.3, 0.4) is 0 Å². The van der Waals surface area contributed by atoms with Crippen LogP contribution in [0.5, 0.6) is 0 Å². The van der Waals surface area contributed by atoms with E-state index in [1.807, 2.05) is 5.32 Å². The normalized spacial score (nSPS) is 22.7. The van der Waals surface area contributed by atoms with Crippen molar-refractivity contribution in [2.45, 2.75) is 24.8 Å². The molecule has 1 atom stereocenters. The van der Waals surface area contributed by atoms with Crippen molar-refractivity contribution in [3.8, 4) is 0 Å². The van der Waals surface area contributed by atoms with Crippen molar-refractivity contribution >= 4 is 6.34 Å². The number of hydrogen-bond acceptors (Lipinski definition) is 4. The maximum Gasteiger partial charge on any atom is 0.451 e. The Morgan fingerprint density at radius 3 is 2.38 bits per heavy atom. The van der Waals surface area contributed by atoms with Crippen molar-refractivity contribution in [2.75, 3.05) is 0 Å². The van der Waals surface area contributed by atoms with Crippen LogP contribution in [-0.2, 0) is 11.7 Å². The van der Waals surface area contributed by atoms with Crippen LogP contribution in [-0.4, -0.2) is 22.5 Å². The van der Waals surface area contributed by atoms with Crippen LogP contribution in [0.15, 0.2) is 22.8 Å². The molecule has 0 amide bonds. The van der Waals surface area contributed by atoms with Gasteiger partial charge in [0.2, 0.25) is 11.4 Å². The summed E-state index contributed by atoms with van der Waals surface area (Å²) in [5, 5.41) is 1.94. The average molecular weight is 309 g/mol. The maximum atomic E-state index is 13.4. The van der Waals surface area contributed by atoms with Crippen molar-refractivity contribution < 1.29 is 26.3 Å². The van der Waals surface area contributed by atoms with Crippen LogP contribution in [0.2, 0.25) is 0 Å². The van der Waals surface area contributed by atoms with E-state index >= 15 is 0 Å². The summed E-state index contributed by atoms with van der Waals surface area (Å²) < 4.78 is 78.0. The van der Waals surface area contributed by atoms with Gasteiger partial charge < -0.3 is 5.32 Å². The van der Waals surface area contributed by atoms with Gasteiger partial charge in [-0.3, -0.25) is 0 Å². The largest absolute Gasteiger partial charge is 0.451 e. The predicted octanol–water partition coefficient (Wildman–Crippen LogP) is 2.59. The van der Waals surface area contributed by atoms with Crippen LogP contribution in [0.25, 0.3) is 0 Å².